The van der Waals surface area contributed by atoms with Crippen LogP contribution < -0.4 is 0 Å². The fraction of sp³-hybridized carbons (Fsp3) is 0.750. The Morgan fingerprint density at radius 2 is 2.05 bits per heavy atom. The Hall–Kier alpha value is -0.430. The predicted molar refractivity (Wildman–Crippen MR) is 91.7 cm³/mol. The van der Waals surface area contributed by atoms with Crippen molar-refractivity contribution in [2.45, 2.75) is 51.6 Å². The van der Waals surface area contributed by atoms with Crippen LogP contribution in [0, 0.1) is 0 Å². The van der Waals surface area contributed by atoms with Gasteiger partial charge in [-0.15, -0.1) is 11.3 Å². The summed E-state index contributed by atoms with van der Waals surface area (Å²) in [7, 11) is -3.02. The van der Waals surface area contributed by atoms with E-state index in [4.69, 9.17) is 0 Å². The topological polar surface area (TPSA) is 40.6 Å². The molecule has 6 heteroatoms. The molecule has 22 heavy (non-hydrogen) atoms. The number of sulfonamides is 1. The molecule has 3 heterocycles. The average Bonchev–Trinajstić information content (AvgIpc) is 3.00. The molecule has 1 saturated heterocycles. The monoisotopic (exact) mass is 342 g/mol. The maximum absolute atomic E-state index is 12.3. The van der Waals surface area contributed by atoms with Crippen molar-refractivity contribution in [3.63, 3.8) is 0 Å². The molecule has 0 unspecified atom stereocenters. The SMILES string of the molecule is CCCCS(=O)(=O)N1CCC(N2CCc3sccc3C2)CC1. The summed E-state index contributed by atoms with van der Waals surface area (Å²) in [5.74, 6) is 0.316. The molecule has 0 spiro atoms. The van der Waals surface area contributed by atoms with E-state index >= 15 is 0 Å². The summed E-state index contributed by atoms with van der Waals surface area (Å²) in [6.45, 7) is 5.61. The van der Waals surface area contributed by atoms with Gasteiger partial charge in [0.2, 0.25) is 10.0 Å². The van der Waals surface area contributed by atoms with Crippen LogP contribution in [0.1, 0.15) is 43.0 Å². The molecule has 0 bridgehead atoms. The minimum absolute atomic E-state index is 0.316. The second kappa shape index (κ2) is 6.99. The van der Waals surface area contributed by atoms with Gasteiger partial charge >= 0.3 is 0 Å². The molecule has 1 aromatic heterocycles. The van der Waals surface area contributed by atoms with Crippen molar-refractivity contribution in [2.24, 2.45) is 0 Å². The number of hydrogen-bond acceptors (Lipinski definition) is 4. The molecule has 1 fully saturated rings. The lowest BCUT2D eigenvalue weighted by Crippen LogP contribution is -2.48. The van der Waals surface area contributed by atoms with Crippen molar-refractivity contribution < 1.29 is 8.42 Å². The number of unbranched alkanes of at least 4 members (excludes halogenated alkanes) is 1. The first-order valence-corrected chi connectivity index (χ1v) is 10.9. The van der Waals surface area contributed by atoms with Crippen LogP contribution in [0.2, 0.25) is 0 Å². The van der Waals surface area contributed by atoms with E-state index in [1.807, 2.05) is 18.3 Å². The number of fused-ring (bicyclic) bond motifs is 1. The van der Waals surface area contributed by atoms with Gasteiger partial charge < -0.3 is 0 Å². The summed E-state index contributed by atoms with van der Waals surface area (Å²) in [5, 5.41) is 2.19. The lowest BCUT2D eigenvalue weighted by Gasteiger charge is -2.39. The highest BCUT2D eigenvalue weighted by Crippen LogP contribution is 2.28. The Balaban J connectivity index is 1.54. The quantitative estimate of drug-likeness (QED) is 0.826. The van der Waals surface area contributed by atoms with Gasteiger partial charge in [0.25, 0.3) is 0 Å². The summed E-state index contributed by atoms with van der Waals surface area (Å²) in [5.41, 5.74) is 1.48. The third-order valence-electron chi connectivity index (χ3n) is 4.93. The molecule has 0 N–H and O–H groups in total. The first kappa shape index (κ1) is 16.4. The van der Waals surface area contributed by atoms with E-state index in [0.29, 0.717) is 24.9 Å². The normalized spacial score (nSPS) is 21.9. The molecule has 0 aromatic carbocycles. The second-order valence-corrected chi connectivity index (χ2v) is 9.48. The Morgan fingerprint density at radius 3 is 2.77 bits per heavy atom. The zero-order chi connectivity index (χ0) is 15.6. The minimum Gasteiger partial charge on any atom is -0.296 e. The Bertz CT molecular complexity index is 589. The van der Waals surface area contributed by atoms with Crippen LogP contribution in [0.3, 0.4) is 0 Å². The molecule has 0 atom stereocenters. The van der Waals surface area contributed by atoms with E-state index in [2.05, 4.69) is 16.3 Å². The van der Waals surface area contributed by atoms with Crippen molar-refractivity contribution in [3.05, 3.63) is 21.9 Å². The molecule has 1 aromatic rings. The third kappa shape index (κ3) is 3.55. The lowest BCUT2D eigenvalue weighted by atomic mass is 10.0. The summed E-state index contributed by atoms with van der Waals surface area (Å²) >= 11 is 1.87. The number of hydrogen-bond donors (Lipinski definition) is 0. The Kier molecular flexibility index (Phi) is 5.22. The first-order valence-electron chi connectivity index (χ1n) is 8.37. The van der Waals surface area contributed by atoms with Gasteiger partial charge in [0.1, 0.15) is 0 Å². The summed E-state index contributed by atoms with van der Waals surface area (Å²) < 4.78 is 26.3. The van der Waals surface area contributed by atoms with Crippen molar-refractivity contribution in [1.29, 1.82) is 0 Å². The van der Waals surface area contributed by atoms with Crippen LogP contribution in [-0.2, 0) is 23.0 Å². The molecule has 0 radical (unpaired) electrons. The predicted octanol–water partition coefficient (Wildman–Crippen LogP) is 2.70. The van der Waals surface area contributed by atoms with E-state index in [9.17, 15) is 8.42 Å². The van der Waals surface area contributed by atoms with Crippen molar-refractivity contribution in [1.82, 2.24) is 9.21 Å². The van der Waals surface area contributed by atoms with Gasteiger partial charge in [-0.1, -0.05) is 13.3 Å². The van der Waals surface area contributed by atoms with E-state index in [-0.39, 0.29) is 0 Å². The van der Waals surface area contributed by atoms with Crippen molar-refractivity contribution in [3.8, 4) is 0 Å². The van der Waals surface area contributed by atoms with Crippen molar-refractivity contribution >= 4 is 21.4 Å². The van der Waals surface area contributed by atoms with Gasteiger partial charge in [-0.2, -0.15) is 0 Å². The van der Waals surface area contributed by atoms with E-state index in [0.717, 1.165) is 45.2 Å². The van der Waals surface area contributed by atoms with E-state index < -0.39 is 10.0 Å². The number of piperidine rings is 1. The fourth-order valence-corrected chi connectivity index (χ4v) is 6.09. The summed E-state index contributed by atoms with van der Waals surface area (Å²) in [6.07, 6.45) is 4.82. The highest BCUT2D eigenvalue weighted by Gasteiger charge is 2.31. The molecule has 0 saturated carbocycles. The van der Waals surface area contributed by atoms with E-state index in [1.54, 1.807) is 4.31 Å². The fourth-order valence-electron chi connectivity index (χ4n) is 3.52. The van der Waals surface area contributed by atoms with Gasteiger partial charge in [-0.05, 0) is 42.7 Å². The van der Waals surface area contributed by atoms with Crippen LogP contribution >= 0.6 is 11.3 Å². The van der Waals surface area contributed by atoms with Gasteiger partial charge in [-0.25, -0.2) is 12.7 Å². The molecule has 0 amide bonds. The number of nitrogens with zero attached hydrogens (tertiary/aromatic N) is 2. The molecule has 3 rings (SSSR count). The maximum Gasteiger partial charge on any atom is 0.214 e. The van der Waals surface area contributed by atoms with Crippen LogP contribution in [-0.4, -0.2) is 49.1 Å². The highest BCUT2D eigenvalue weighted by atomic mass is 32.2. The van der Waals surface area contributed by atoms with Gasteiger partial charge in [0, 0.05) is 37.1 Å². The maximum atomic E-state index is 12.3. The summed E-state index contributed by atoms with van der Waals surface area (Å²) in [4.78, 5) is 4.10. The number of thiophene rings is 1. The molecule has 124 valence electrons. The molecular formula is C16H26N2O2S2. The van der Waals surface area contributed by atoms with Crippen molar-refractivity contribution in [2.75, 3.05) is 25.4 Å². The molecule has 4 nitrogen and oxygen atoms in total. The molecular weight excluding hydrogens is 316 g/mol. The molecule has 2 aliphatic rings. The average molecular weight is 343 g/mol. The highest BCUT2D eigenvalue weighted by molar-refractivity contribution is 7.89. The smallest absolute Gasteiger partial charge is 0.214 e. The minimum atomic E-state index is -3.02. The lowest BCUT2D eigenvalue weighted by molar-refractivity contribution is 0.127. The molecule has 0 aliphatic carbocycles. The van der Waals surface area contributed by atoms with Crippen LogP contribution in [0.15, 0.2) is 11.4 Å². The van der Waals surface area contributed by atoms with Crippen LogP contribution in [0.25, 0.3) is 0 Å². The van der Waals surface area contributed by atoms with Gasteiger partial charge in [0.15, 0.2) is 0 Å². The Labute approximate surface area is 138 Å². The second-order valence-electron chi connectivity index (χ2n) is 6.39. The standard InChI is InChI=1S/C16H26N2O2S2/c1-2-3-12-22(19,20)18-9-4-15(5-10-18)17-8-6-16-14(13-17)7-11-21-16/h7,11,15H,2-6,8-10,12-13H2,1H3. The molecule has 2 aliphatic heterocycles. The zero-order valence-electron chi connectivity index (χ0n) is 13.3. The van der Waals surface area contributed by atoms with Crippen LogP contribution in [0.4, 0.5) is 0 Å². The summed E-state index contributed by atoms with van der Waals surface area (Å²) in [6, 6.07) is 2.79. The first-order chi connectivity index (χ1) is 10.6. The Morgan fingerprint density at radius 1 is 1.27 bits per heavy atom. The third-order valence-corrected chi connectivity index (χ3v) is 7.91. The largest absolute Gasteiger partial charge is 0.296 e. The van der Waals surface area contributed by atoms with Gasteiger partial charge in [0.05, 0.1) is 5.75 Å². The zero-order valence-corrected chi connectivity index (χ0v) is 15.0. The van der Waals surface area contributed by atoms with Gasteiger partial charge in [-0.3, -0.25) is 4.90 Å². The van der Waals surface area contributed by atoms with Crippen LogP contribution in [0.5, 0.6) is 0 Å². The number of rotatable bonds is 5. The van der Waals surface area contributed by atoms with E-state index in [1.165, 1.54) is 10.4 Å².